The van der Waals surface area contributed by atoms with Gasteiger partial charge in [-0.15, -0.1) is 6.58 Å². The van der Waals surface area contributed by atoms with Crippen molar-refractivity contribution in [3.63, 3.8) is 0 Å². The van der Waals surface area contributed by atoms with Crippen LogP contribution in [0.25, 0.3) is 16.5 Å². The van der Waals surface area contributed by atoms with Crippen LogP contribution in [-0.2, 0) is 0 Å². The zero-order valence-electron chi connectivity index (χ0n) is 8.45. The number of azide groups is 1. The highest BCUT2D eigenvalue weighted by atomic mass is 15.1. The van der Waals surface area contributed by atoms with Crippen LogP contribution >= 0.6 is 0 Å². The quantitative estimate of drug-likeness (QED) is 0.298. The third-order valence-corrected chi connectivity index (χ3v) is 1.92. The number of hydrogen-bond acceptors (Lipinski definition) is 1. The minimum Gasteiger partial charge on any atom is -0.103 e. The molecule has 0 amide bonds. The first-order valence-electron chi connectivity index (χ1n) is 4.75. The van der Waals surface area contributed by atoms with Crippen LogP contribution in [-0.4, -0.2) is 6.04 Å². The van der Waals surface area contributed by atoms with Crippen LogP contribution in [0.2, 0.25) is 0 Å². The first kappa shape index (κ1) is 11.1. The van der Waals surface area contributed by atoms with E-state index in [2.05, 4.69) is 16.6 Å². The van der Waals surface area contributed by atoms with Crippen LogP contribution in [0.3, 0.4) is 0 Å². The van der Waals surface area contributed by atoms with Crippen molar-refractivity contribution >= 4 is 6.08 Å². The molecule has 0 N–H and O–H groups in total. The summed E-state index contributed by atoms with van der Waals surface area (Å²) in [5.74, 6) is 0. The summed E-state index contributed by atoms with van der Waals surface area (Å²) >= 11 is 0. The SMILES string of the molecule is C=CCC(/C=C/c1ccccc1)N=[N+]=[N-]. The molecule has 1 atom stereocenters. The van der Waals surface area contributed by atoms with E-state index in [1.165, 1.54) is 0 Å². The molecule has 15 heavy (non-hydrogen) atoms. The average molecular weight is 199 g/mol. The summed E-state index contributed by atoms with van der Waals surface area (Å²) in [5, 5.41) is 3.65. The van der Waals surface area contributed by atoms with E-state index < -0.39 is 0 Å². The minimum absolute atomic E-state index is 0.146. The lowest BCUT2D eigenvalue weighted by Crippen LogP contribution is -1.95. The fraction of sp³-hybridized carbons (Fsp3) is 0.167. The van der Waals surface area contributed by atoms with Crippen molar-refractivity contribution in [2.45, 2.75) is 12.5 Å². The maximum Gasteiger partial charge on any atom is 0.0592 e. The lowest BCUT2D eigenvalue weighted by molar-refractivity contribution is 0.829. The molecule has 0 aliphatic heterocycles. The summed E-state index contributed by atoms with van der Waals surface area (Å²) in [6, 6.07) is 9.75. The Balaban J connectivity index is 2.69. The fourth-order valence-electron chi connectivity index (χ4n) is 1.19. The van der Waals surface area contributed by atoms with Gasteiger partial charge in [-0.25, -0.2) is 0 Å². The Hall–Kier alpha value is -1.99. The Morgan fingerprint density at radius 2 is 2.13 bits per heavy atom. The summed E-state index contributed by atoms with van der Waals surface area (Å²) in [6.45, 7) is 3.62. The van der Waals surface area contributed by atoms with Crippen LogP contribution in [0.15, 0.2) is 54.2 Å². The predicted molar refractivity (Wildman–Crippen MR) is 63.2 cm³/mol. The van der Waals surface area contributed by atoms with Crippen molar-refractivity contribution in [1.29, 1.82) is 0 Å². The van der Waals surface area contributed by atoms with Gasteiger partial charge in [0.05, 0.1) is 6.04 Å². The van der Waals surface area contributed by atoms with Crippen molar-refractivity contribution in [1.82, 2.24) is 0 Å². The van der Waals surface area contributed by atoms with E-state index in [4.69, 9.17) is 5.53 Å². The predicted octanol–water partition coefficient (Wildman–Crippen LogP) is 3.95. The van der Waals surface area contributed by atoms with Gasteiger partial charge in [0.2, 0.25) is 0 Å². The number of nitrogens with zero attached hydrogens (tertiary/aromatic N) is 3. The summed E-state index contributed by atoms with van der Waals surface area (Å²) in [4.78, 5) is 2.79. The molecule has 0 saturated carbocycles. The summed E-state index contributed by atoms with van der Waals surface area (Å²) in [7, 11) is 0. The van der Waals surface area contributed by atoms with Crippen LogP contribution in [0.5, 0.6) is 0 Å². The van der Waals surface area contributed by atoms with Crippen LogP contribution in [0.1, 0.15) is 12.0 Å². The van der Waals surface area contributed by atoms with E-state index in [9.17, 15) is 0 Å². The van der Waals surface area contributed by atoms with Crippen molar-refractivity contribution < 1.29 is 0 Å². The monoisotopic (exact) mass is 199 g/mol. The number of hydrogen-bond donors (Lipinski definition) is 0. The Bertz CT molecular complexity index is 375. The molecule has 0 bridgehead atoms. The molecule has 1 aromatic carbocycles. The van der Waals surface area contributed by atoms with Gasteiger partial charge in [-0.3, -0.25) is 0 Å². The number of rotatable bonds is 5. The Labute approximate surface area is 89.4 Å². The molecule has 1 aromatic rings. The maximum absolute atomic E-state index is 8.35. The molecular weight excluding hydrogens is 186 g/mol. The van der Waals surface area contributed by atoms with Crippen molar-refractivity contribution in [2.24, 2.45) is 5.11 Å². The fourth-order valence-corrected chi connectivity index (χ4v) is 1.19. The van der Waals surface area contributed by atoms with Gasteiger partial charge in [0, 0.05) is 4.91 Å². The molecule has 3 nitrogen and oxygen atoms in total. The highest BCUT2D eigenvalue weighted by Gasteiger charge is 1.97. The van der Waals surface area contributed by atoms with Crippen molar-refractivity contribution in [2.75, 3.05) is 0 Å². The van der Waals surface area contributed by atoms with E-state index in [1.54, 1.807) is 6.08 Å². The summed E-state index contributed by atoms with van der Waals surface area (Å²) < 4.78 is 0. The first-order chi connectivity index (χ1) is 7.36. The molecule has 0 aliphatic rings. The minimum atomic E-state index is -0.146. The maximum atomic E-state index is 8.35. The normalized spacial score (nSPS) is 12.0. The molecule has 0 aromatic heterocycles. The third kappa shape index (κ3) is 4.16. The second kappa shape index (κ2) is 6.46. The molecule has 0 spiro atoms. The Kier molecular flexibility index (Phi) is 4.78. The molecule has 0 radical (unpaired) electrons. The van der Waals surface area contributed by atoms with Gasteiger partial charge in [-0.1, -0.05) is 53.7 Å². The zero-order valence-corrected chi connectivity index (χ0v) is 8.45. The summed E-state index contributed by atoms with van der Waals surface area (Å²) in [6.07, 6.45) is 6.24. The Morgan fingerprint density at radius 3 is 2.73 bits per heavy atom. The van der Waals surface area contributed by atoms with Crippen LogP contribution < -0.4 is 0 Å². The second-order valence-corrected chi connectivity index (χ2v) is 3.07. The molecule has 76 valence electrons. The zero-order chi connectivity index (χ0) is 10.9. The highest BCUT2D eigenvalue weighted by Crippen LogP contribution is 2.06. The molecule has 1 unspecified atom stereocenters. The van der Waals surface area contributed by atoms with Gasteiger partial charge in [-0.05, 0) is 17.5 Å². The van der Waals surface area contributed by atoms with Gasteiger partial charge >= 0.3 is 0 Å². The third-order valence-electron chi connectivity index (χ3n) is 1.92. The first-order valence-corrected chi connectivity index (χ1v) is 4.75. The molecule has 0 fully saturated rings. The van der Waals surface area contributed by atoms with Crippen LogP contribution in [0, 0.1) is 0 Å². The molecular formula is C12H13N3. The molecule has 0 saturated heterocycles. The highest BCUT2D eigenvalue weighted by molar-refractivity contribution is 5.49. The smallest absolute Gasteiger partial charge is 0.0592 e. The largest absolute Gasteiger partial charge is 0.103 e. The number of benzene rings is 1. The molecule has 0 aliphatic carbocycles. The van der Waals surface area contributed by atoms with Gasteiger partial charge < -0.3 is 0 Å². The van der Waals surface area contributed by atoms with Gasteiger partial charge in [0.1, 0.15) is 0 Å². The van der Waals surface area contributed by atoms with Crippen molar-refractivity contribution in [3.8, 4) is 0 Å². The molecule has 0 heterocycles. The van der Waals surface area contributed by atoms with E-state index in [0.717, 1.165) is 5.56 Å². The standard InChI is InChI=1S/C12H13N3/c1-2-6-12(14-15-13)10-9-11-7-4-3-5-8-11/h2-5,7-10,12H,1,6H2/b10-9+. The molecule has 1 rings (SSSR count). The van der Waals surface area contributed by atoms with Crippen LogP contribution in [0.4, 0.5) is 0 Å². The van der Waals surface area contributed by atoms with Crippen molar-refractivity contribution in [3.05, 3.63) is 65.1 Å². The topological polar surface area (TPSA) is 48.8 Å². The van der Waals surface area contributed by atoms with Gasteiger partial charge in [0.25, 0.3) is 0 Å². The lowest BCUT2D eigenvalue weighted by Gasteiger charge is -2.00. The van der Waals surface area contributed by atoms with E-state index in [-0.39, 0.29) is 6.04 Å². The molecule has 3 heteroatoms. The van der Waals surface area contributed by atoms with Gasteiger partial charge in [-0.2, -0.15) is 0 Å². The van der Waals surface area contributed by atoms with Gasteiger partial charge in [0.15, 0.2) is 0 Å². The lowest BCUT2D eigenvalue weighted by atomic mass is 10.1. The Morgan fingerprint density at radius 1 is 1.40 bits per heavy atom. The summed E-state index contributed by atoms with van der Waals surface area (Å²) in [5.41, 5.74) is 9.45. The van der Waals surface area contributed by atoms with E-state index in [0.29, 0.717) is 6.42 Å². The average Bonchev–Trinajstić information content (AvgIpc) is 2.28. The second-order valence-electron chi connectivity index (χ2n) is 3.07. The van der Waals surface area contributed by atoms with E-state index >= 15 is 0 Å². The van der Waals surface area contributed by atoms with E-state index in [1.807, 2.05) is 42.5 Å².